The molecule has 0 saturated carbocycles. The summed E-state index contributed by atoms with van der Waals surface area (Å²) in [6.45, 7) is 4.64. The van der Waals surface area contributed by atoms with Crippen molar-refractivity contribution in [3.63, 3.8) is 0 Å². The molecule has 1 aromatic carbocycles. The highest BCUT2D eigenvalue weighted by atomic mass is 15.2. The molecule has 1 aromatic rings. The Hall–Kier alpha value is -1.12. The van der Waals surface area contributed by atoms with Gasteiger partial charge in [0.2, 0.25) is 0 Å². The van der Waals surface area contributed by atoms with Crippen LogP contribution in [0.2, 0.25) is 0 Å². The quantitative estimate of drug-likeness (QED) is 0.825. The third-order valence-corrected chi connectivity index (χ3v) is 4.52. The van der Waals surface area contributed by atoms with E-state index in [9.17, 15) is 0 Å². The van der Waals surface area contributed by atoms with Crippen molar-refractivity contribution in [2.75, 3.05) is 19.6 Å². The smallest absolute Gasteiger partial charge is 0.0234 e. The molecule has 1 aliphatic heterocycles. The number of hydrogen-bond donors (Lipinski definition) is 1. The minimum atomic E-state index is 0.682. The van der Waals surface area contributed by atoms with Gasteiger partial charge in [-0.1, -0.05) is 42.0 Å². The normalized spacial score (nSPS) is 23.8. The largest absolute Gasteiger partial charge is 0.309 e. The molecular weight excluding hydrogens is 244 g/mol. The van der Waals surface area contributed by atoms with E-state index in [0.29, 0.717) is 6.04 Å². The van der Waals surface area contributed by atoms with Crippen LogP contribution in [0.3, 0.4) is 0 Å². The van der Waals surface area contributed by atoms with E-state index in [1.165, 1.54) is 50.8 Å². The monoisotopic (exact) mass is 270 g/mol. The lowest BCUT2D eigenvalue weighted by Crippen LogP contribution is -2.33. The van der Waals surface area contributed by atoms with Crippen molar-refractivity contribution in [1.29, 1.82) is 0 Å². The molecular formula is C18H26N2. The Kier molecular flexibility index (Phi) is 4.88. The third-order valence-electron chi connectivity index (χ3n) is 4.52. The zero-order chi connectivity index (χ0) is 13.6. The summed E-state index contributed by atoms with van der Waals surface area (Å²) in [6, 6.07) is 11.5. The maximum absolute atomic E-state index is 3.76. The van der Waals surface area contributed by atoms with Crippen LogP contribution in [0.25, 0.3) is 0 Å². The first-order valence-electron chi connectivity index (χ1n) is 8.08. The first kappa shape index (κ1) is 13.8. The van der Waals surface area contributed by atoms with E-state index in [2.05, 4.69) is 46.6 Å². The zero-order valence-electron chi connectivity index (χ0n) is 12.4. The molecule has 3 rings (SSSR count). The van der Waals surface area contributed by atoms with Gasteiger partial charge in [0.15, 0.2) is 0 Å². The van der Waals surface area contributed by atoms with Crippen LogP contribution < -0.4 is 5.32 Å². The molecule has 2 nitrogen and oxygen atoms in total. The second-order valence-electron chi connectivity index (χ2n) is 6.20. The highest BCUT2D eigenvalue weighted by molar-refractivity contribution is 5.14. The average molecular weight is 270 g/mol. The van der Waals surface area contributed by atoms with Crippen molar-refractivity contribution >= 4 is 0 Å². The Labute approximate surface area is 122 Å². The van der Waals surface area contributed by atoms with Crippen molar-refractivity contribution in [3.8, 4) is 0 Å². The molecule has 1 N–H and O–H groups in total. The Balaban J connectivity index is 1.42. The maximum Gasteiger partial charge on any atom is 0.0234 e. The van der Waals surface area contributed by atoms with Crippen LogP contribution in [-0.2, 0) is 6.54 Å². The third kappa shape index (κ3) is 3.94. The van der Waals surface area contributed by atoms with E-state index >= 15 is 0 Å². The standard InChI is InChI=1S/C18H26N2/c1-3-7-16(8-4-1)13-19-18-11-12-20(15-18)14-17-9-5-2-6-10-17/h2,5-7,9-10,18-19H,1,3-4,8,11-15H2. The van der Waals surface area contributed by atoms with Crippen molar-refractivity contribution in [1.82, 2.24) is 10.2 Å². The molecule has 1 fully saturated rings. The van der Waals surface area contributed by atoms with Gasteiger partial charge in [0.25, 0.3) is 0 Å². The minimum absolute atomic E-state index is 0.682. The van der Waals surface area contributed by atoms with Gasteiger partial charge in [0, 0.05) is 32.2 Å². The lowest BCUT2D eigenvalue weighted by molar-refractivity contribution is 0.321. The summed E-state index contributed by atoms with van der Waals surface area (Å²) in [7, 11) is 0. The van der Waals surface area contributed by atoms with E-state index in [-0.39, 0.29) is 0 Å². The molecule has 1 heterocycles. The molecule has 0 aromatic heterocycles. The topological polar surface area (TPSA) is 15.3 Å². The molecule has 20 heavy (non-hydrogen) atoms. The molecule has 2 aliphatic rings. The summed E-state index contributed by atoms with van der Waals surface area (Å²) >= 11 is 0. The van der Waals surface area contributed by atoms with Gasteiger partial charge in [0.1, 0.15) is 0 Å². The molecule has 1 unspecified atom stereocenters. The molecule has 0 spiro atoms. The molecule has 108 valence electrons. The van der Waals surface area contributed by atoms with Crippen LogP contribution in [-0.4, -0.2) is 30.6 Å². The highest BCUT2D eigenvalue weighted by Crippen LogP contribution is 2.18. The Morgan fingerprint density at radius 1 is 1.15 bits per heavy atom. The van der Waals surface area contributed by atoms with Crippen LogP contribution in [0.15, 0.2) is 42.0 Å². The number of benzene rings is 1. The summed E-state index contributed by atoms with van der Waals surface area (Å²) in [5.74, 6) is 0. The minimum Gasteiger partial charge on any atom is -0.309 e. The van der Waals surface area contributed by atoms with Gasteiger partial charge in [-0.05, 0) is 37.7 Å². The summed E-state index contributed by atoms with van der Waals surface area (Å²) in [6.07, 6.45) is 9.12. The number of hydrogen-bond acceptors (Lipinski definition) is 2. The van der Waals surface area contributed by atoms with Gasteiger partial charge >= 0.3 is 0 Å². The van der Waals surface area contributed by atoms with E-state index in [4.69, 9.17) is 0 Å². The summed E-state index contributed by atoms with van der Waals surface area (Å²) in [4.78, 5) is 2.57. The molecule has 0 amide bonds. The summed E-state index contributed by atoms with van der Waals surface area (Å²) in [5.41, 5.74) is 3.07. The summed E-state index contributed by atoms with van der Waals surface area (Å²) in [5, 5.41) is 3.76. The van der Waals surface area contributed by atoms with Gasteiger partial charge in [0.05, 0.1) is 0 Å². The van der Waals surface area contributed by atoms with E-state index in [0.717, 1.165) is 13.1 Å². The lowest BCUT2D eigenvalue weighted by atomic mass is 9.99. The maximum atomic E-state index is 3.76. The van der Waals surface area contributed by atoms with Gasteiger partial charge in [-0.3, -0.25) is 4.90 Å². The van der Waals surface area contributed by atoms with E-state index in [1.807, 2.05) is 0 Å². The first-order valence-corrected chi connectivity index (χ1v) is 8.08. The Bertz CT molecular complexity index is 438. The molecule has 0 radical (unpaired) electrons. The Morgan fingerprint density at radius 2 is 2.05 bits per heavy atom. The average Bonchev–Trinajstić information content (AvgIpc) is 2.95. The molecule has 1 aliphatic carbocycles. The molecule has 1 atom stereocenters. The van der Waals surface area contributed by atoms with Gasteiger partial charge < -0.3 is 5.32 Å². The first-order chi connectivity index (χ1) is 9.90. The second kappa shape index (κ2) is 7.05. The van der Waals surface area contributed by atoms with Crippen LogP contribution in [0.5, 0.6) is 0 Å². The molecule has 1 saturated heterocycles. The van der Waals surface area contributed by atoms with Gasteiger partial charge in [-0.25, -0.2) is 0 Å². The van der Waals surface area contributed by atoms with Crippen molar-refractivity contribution in [2.24, 2.45) is 0 Å². The number of nitrogens with zero attached hydrogens (tertiary/aromatic N) is 1. The number of nitrogens with one attached hydrogen (secondary N) is 1. The highest BCUT2D eigenvalue weighted by Gasteiger charge is 2.22. The summed E-state index contributed by atoms with van der Waals surface area (Å²) < 4.78 is 0. The SMILES string of the molecule is C1=C(CNC2CCN(Cc3ccccc3)C2)CCCC1. The zero-order valence-corrected chi connectivity index (χ0v) is 12.4. The lowest BCUT2D eigenvalue weighted by Gasteiger charge is -2.18. The fraction of sp³-hybridized carbons (Fsp3) is 0.556. The molecule has 2 heteroatoms. The van der Waals surface area contributed by atoms with Gasteiger partial charge in [-0.2, -0.15) is 0 Å². The van der Waals surface area contributed by atoms with E-state index in [1.54, 1.807) is 5.57 Å². The number of likely N-dealkylation sites (tertiary alicyclic amines) is 1. The van der Waals surface area contributed by atoms with Crippen molar-refractivity contribution in [2.45, 2.75) is 44.7 Å². The van der Waals surface area contributed by atoms with Crippen LogP contribution in [0.1, 0.15) is 37.7 Å². The second-order valence-corrected chi connectivity index (χ2v) is 6.20. The van der Waals surface area contributed by atoms with Crippen molar-refractivity contribution in [3.05, 3.63) is 47.5 Å². The fourth-order valence-corrected chi connectivity index (χ4v) is 3.33. The number of rotatable bonds is 5. The van der Waals surface area contributed by atoms with E-state index < -0.39 is 0 Å². The van der Waals surface area contributed by atoms with Crippen LogP contribution >= 0.6 is 0 Å². The van der Waals surface area contributed by atoms with Crippen LogP contribution in [0, 0.1) is 0 Å². The number of allylic oxidation sites excluding steroid dienone is 1. The Morgan fingerprint density at radius 3 is 2.85 bits per heavy atom. The fourth-order valence-electron chi connectivity index (χ4n) is 3.33. The predicted octanol–water partition coefficient (Wildman–Crippen LogP) is 3.35. The predicted molar refractivity (Wildman–Crippen MR) is 84.7 cm³/mol. The van der Waals surface area contributed by atoms with Crippen LogP contribution in [0.4, 0.5) is 0 Å². The van der Waals surface area contributed by atoms with Crippen molar-refractivity contribution < 1.29 is 0 Å². The van der Waals surface area contributed by atoms with Gasteiger partial charge in [-0.15, -0.1) is 0 Å². The molecule has 0 bridgehead atoms.